The van der Waals surface area contributed by atoms with E-state index < -0.39 is 53.7 Å². The number of nitrogens with zero attached hydrogens (tertiary/aromatic N) is 1. The van der Waals surface area contributed by atoms with Crippen LogP contribution < -0.4 is 10.1 Å². The second-order valence-corrected chi connectivity index (χ2v) is 9.53. The highest BCUT2D eigenvalue weighted by Crippen LogP contribution is 2.37. The summed E-state index contributed by atoms with van der Waals surface area (Å²) in [5, 5.41) is 32.2. The van der Waals surface area contributed by atoms with E-state index in [4.69, 9.17) is 9.47 Å². The lowest BCUT2D eigenvalue weighted by atomic mass is 9.89. The van der Waals surface area contributed by atoms with E-state index in [9.17, 15) is 38.7 Å². The monoisotopic (exact) mass is 570 g/mol. The number of benzene rings is 1. The number of ether oxygens (including phenoxy) is 2. The van der Waals surface area contributed by atoms with Gasteiger partial charge >= 0.3 is 5.97 Å². The Balaban J connectivity index is 1.69. The molecule has 0 aromatic heterocycles. The van der Waals surface area contributed by atoms with Crippen LogP contribution in [0.3, 0.4) is 0 Å². The number of esters is 1. The number of unbranched alkanes of at least 4 members (excludes halogenated alkanes) is 1. The maximum atomic E-state index is 14.3. The van der Waals surface area contributed by atoms with Gasteiger partial charge in [-0.25, -0.2) is 0 Å². The number of allylic oxidation sites excluding steroid dienone is 2. The second-order valence-electron chi connectivity index (χ2n) is 9.53. The molecule has 1 saturated carbocycles. The molecule has 1 aliphatic rings. The molecule has 1 aliphatic carbocycles. The van der Waals surface area contributed by atoms with Crippen molar-refractivity contribution in [2.24, 2.45) is 11.8 Å². The van der Waals surface area contributed by atoms with Crippen LogP contribution in [0.5, 0.6) is 5.75 Å². The zero-order valence-electron chi connectivity index (χ0n) is 22.2. The number of rotatable bonds is 17. The summed E-state index contributed by atoms with van der Waals surface area (Å²) < 4.78 is 38.6. The molecule has 40 heavy (non-hydrogen) atoms. The van der Waals surface area contributed by atoms with Crippen molar-refractivity contribution in [2.75, 3.05) is 19.8 Å². The Morgan fingerprint density at radius 1 is 1.23 bits per heavy atom. The Morgan fingerprint density at radius 2 is 1.95 bits per heavy atom. The largest absolute Gasteiger partial charge is 0.487 e. The number of hydrogen-bond acceptors (Lipinski definition) is 9. The van der Waals surface area contributed by atoms with Gasteiger partial charge < -0.3 is 29.8 Å². The van der Waals surface area contributed by atoms with E-state index in [-0.39, 0.29) is 31.9 Å². The maximum absolute atomic E-state index is 14.3. The van der Waals surface area contributed by atoms with Gasteiger partial charge in [0.2, 0.25) is 5.91 Å². The van der Waals surface area contributed by atoms with Crippen LogP contribution in [0.1, 0.15) is 39.0 Å². The van der Waals surface area contributed by atoms with Crippen LogP contribution >= 0.6 is 0 Å². The minimum Gasteiger partial charge on any atom is -0.487 e. The minimum absolute atomic E-state index is 0.0872. The van der Waals surface area contributed by atoms with Crippen molar-refractivity contribution in [1.82, 2.24) is 5.32 Å². The summed E-state index contributed by atoms with van der Waals surface area (Å²) in [6.07, 6.45) is 4.40. The van der Waals surface area contributed by atoms with Crippen molar-refractivity contribution < 1.29 is 48.0 Å². The molecular weight excluding hydrogens is 534 g/mol. The van der Waals surface area contributed by atoms with E-state index in [0.717, 1.165) is 0 Å². The summed E-state index contributed by atoms with van der Waals surface area (Å²) in [7, 11) is 0. The fraction of sp³-hybridized carbons (Fsp3) is 0.556. The number of halogens is 2. The van der Waals surface area contributed by atoms with E-state index in [0.29, 0.717) is 31.1 Å². The molecule has 0 heterocycles. The molecule has 13 heteroatoms. The first-order chi connectivity index (χ1) is 19.0. The Bertz CT molecular complexity index is 1010. The van der Waals surface area contributed by atoms with Gasteiger partial charge in [-0.05, 0) is 50.3 Å². The molecule has 1 unspecified atom stereocenters. The molecule has 1 aromatic carbocycles. The number of hydrogen-bond donors (Lipinski definition) is 3. The molecule has 5 atom stereocenters. The number of carbonyl (C=O) groups excluding carboxylic acids is 2. The lowest BCUT2D eigenvalue weighted by molar-refractivity contribution is -0.767. The third-order valence-electron chi connectivity index (χ3n) is 6.18. The van der Waals surface area contributed by atoms with E-state index in [2.05, 4.69) is 10.2 Å². The molecule has 0 radical (unpaired) electrons. The molecule has 2 rings (SSSR count). The van der Waals surface area contributed by atoms with E-state index in [1.54, 1.807) is 42.5 Å². The molecule has 3 N–H and O–H groups in total. The summed E-state index contributed by atoms with van der Waals surface area (Å²) in [5.74, 6) is -5.16. The standard InChI is InChI=1S/C27H36F2N2O9/c1-19(40-31(36)37)17-38-26(35)16-30-25(34)12-8-3-2-7-11-21-22(24(33)15-23(21)32)13-14-27(28,29)18-39-20-9-5-4-6-10-20/h2,4-7,9-10,13-14,19,21-24,32-33H,3,8,11-12,15-18H2,1H3,(H,30,34)/b7-2-,14-13+/t19?,21-,22-,23+,24-/m1/s1. The lowest BCUT2D eigenvalue weighted by Gasteiger charge is -2.20. The number of aliphatic hydroxyl groups is 2. The molecule has 1 fully saturated rings. The fourth-order valence-corrected chi connectivity index (χ4v) is 4.15. The van der Waals surface area contributed by atoms with Crippen LogP contribution in [0.2, 0.25) is 0 Å². The Morgan fingerprint density at radius 3 is 2.65 bits per heavy atom. The summed E-state index contributed by atoms with van der Waals surface area (Å²) >= 11 is 0. The van der Waals surface area contributed by atoms with Gasteiger partial charge in [0.1, 0.15) is 25.0 Å². The Kier molecular flexibility index (Phi) is 13.5. The molecule has 11 nitrogen and oxygen atoms in total. The molecule has 222 valence electrons. The number of carbonyl (C=O) groups is 2. The molecule has 0 aliphatic heterocycles. The van der Waals surface area contributed by atoms with E-state index in [1.807, 2.05) is 0 Å². The SMILES string of the molecule is CC(COC(=O)CNC(=O)CCC/C=C\C[C@@H]1[C@@H](/C=C/C(F)(F)COc2ccccc2)[C@H](O)C[C@@H]1O)O[N+](=O)[O-]. The maximum Gasteiger partial charge on any atom is 0.325 e. The van der Waals surface area contributed by atoms with Gasteiger partial charge in [-0.2, -0.15) is 8.78 Å². The van der Waals surface area contributed by atoms with Crippen molar-refractivity contribution in [2.45, 2.75) is 63.3 Å². The van der Waals surface area contributed by atoms with Gasteiger partial charge in [0.15, 0.2) is 6.61 Å². The first kappa shape index (κ1) is 32.6. The average Bonchev–Trinajstić information content (AvgIpc) is 3.17. The second kappa shape index (κ2) is 16.5. The Labute approximate surface area is 230 Å². The van der Waals surface area contributed by atoms with Crippen LogP contribution in [0.4, 0.5) is 8.78 Å². The van der Waals surface area contributed by atoms with E-state index in [1.165, 1.54) is 13.0 Å². The average molecular weight is 571 g/mol. The van der Waals surface area contributed by atoms with Crippen molar-refractivity contribution >= 4 is 11.9 Å². The van der Waals surface area contributed by atoms with Gasteiger partial charge in [-0.15, -0.1) is 10.1 Å². The van der Waals surface area contributed by atoms with Gasteiger partial charge in [0.05, 0.1) is 12.2 Å². The lowest BCUT2D eigenvalue weighted by Crippen LogP contribution is -2.32. The number of para-hydroxylation sites is 1. The molecule has 0 saturated heterocycles. The zero-order valence-corrected chi connectivity index (χ0v) is 22.2. The van der Waals surface area contributed by atoms with Gasteiger partial charge in [-0.1, -0.05) is 36.4 Å². The van der Waals surface area contributed by atoms with Crippen molar-refractivity contribution in [3.63, 3.8) is 0 Å². The fourth-order valence-electron chi connectivity index (χ4n) is 4.15. The summed E-state index contributed by atoms with van der Waals surface area (Å²) in [6.45, 7) is -0.198. The smallest absolute Gasteiger partial charge is 0.325 e. The first-order valence-corrected chi connectivity index (χ1v) is 13.0. The highest BCUT2D eigenvalue weighted by molar-refractivity contribution is 5.81. The first-order valence-electron chi connectivity index (χ1n) is 13.0. The van der Waals surface area contributed by atoms with Crippen LogP contribution in [0, 0.1) is 22.0 Å². The van der Waals surface area contributed by atoms with E-state index >= 15 is 0 Å². The quantitative estimate of drug-likeness (QED) is 0.0842. The van der Waals surface area contributed by atoms with Crippen LogP contribution in [-0.2, 0) is 19.2 Å². The predicted molar refractivity (Wildman–Crippen MR) is 139 cm³/mol. The van der Waals surface area contributed by atoms with Crippen molar-refractivity contribution in [3.8, 4) is 5.75 Å². The molecule has 1 aromatic rings. The number of alkyl halides is 2. The van der Waals surface area contributed by atoms with Gasteiger partial charge in [0.25, 0.3) is 11.0 Å². The zero-order chi connectivity index (χ0) is 29.5. The van der Waals surface area contributed by atoms with Crippen LogP contribution in [0.25, 0.3) is 0 Å². The highest BCUT2D eigenvalue weighted by atomic mass is 19.3. The normalized spacial score (nSPS) is 21.8. The van der Waals surface area contributed by atoms with Gasteiger partial charge in [0, 0.05) is 18.8 Å². The topological polar surface area (TPSA) is 157 Å². The number of amides is 1. The van der Waals surface area contributed by atoms with Gasteiger partial charge in [-0.3, -0.25) is 9.59 Å². The molecule has 1 amide bonds. The van der Waals surface area contributed by atoms with Crippen molar-refractivity contribution in [1.29, 1.82) is 0 Å². The summed E-state index contributed by atoms with van der Waals surface area (Å²) in [5.41, 5.74) is 0. The molecule has 0 bridgehead atoms. The van der Waals surface area contributed by atoms with Crippen LogP contribution in [0.15, 0.2) is 54.6 Å². The number of nitrogens with one attached hydrogen (secondary N) is 1. The minimum atomic E-state index is -3.26. The highest BCUT2D eigenvalue weighted by Gasteiger charge is 2.40. The molecule has 0 spiro atoms. The summed E-state index contributed by atoms with van der Waals surface area (Å²) in [6, 6.07) is 8.25. The third-order valence-corrected chi connectivity index (χ3v) is 6.18. The third kappa shape index (κ3) is 12.5. The predicted octanol–water partition coefficient (Wildman–Crippen LogP) is 2.99. The van der Waals surface area contributed by atoms with Crippen molar-refractivity contribution in [3.05, 3.63) is 64.8 Å². The Hall–Kier alpha value is -3.58. The molecular formula is C27H36F2N2O9. The summed E-state index contributed by atoms with van der Waals surface area (Å²) in [4.78, 5) is 37.8. The number of aliphatic hydroxyl groups excluding tert-OH is 2. The van der Waals surface area contributed by atoms with Crippen LogP contribution in [-0.4, -0.2) is 71.2 Å².